The number of likely N-dealkylation sites (tertiary alicyclic amines) is 1. The van der Waals surface area contributed by atoms with Gasteiger partial charge in [0.25, 0.3) is 0 Å². The third-order valence-electron chi connectivity index (χ3n) is 4.80. The van der Waals surface area contributed by atoms with Gasteiger partial charge in [-0.2, -0.15) is 0 Å². The minimum Gasteiger partial charge on any atom is -0.421 e. The number of piperidine rings is 1. The van der Waals surface area contributed by atoms with Crippen LogP contribution in [0.2, 0.25) is 0 Å². The fourth-order valence-corrected chi connectivity index (χ4v) is 3.32. The standard InChI is InChI=1S/C18H20FN3O4/c19-14-3-1-13(2-4-14)17-21-20-15(26-17)5-6-16(23)22-9-7-18(8-10-22)24-11-12-25-18/h1-4H,5-12H2. The van der Waals surface area contributed by atoms with Gasteiger partial charge in [0.1, 0.15) is 5.82 Å². The second kappa shape index (κ2) is 7.13. The molecule has 0 saturated carbocycles. The van der Waals surface area contributed by atoms with Gasteiger partial charge in [-0.05, 0) is 24.3 Å². The summed E-state index contributed by atoms with van der Waals surface area (Å²) in [6.07, 6.45) is 2.09. The number of hydrogen-bond acceptors (Lipinski definition) is 6. The van der Waals surface area contributed by atoms with E-state index in [4.69, 9.17) is 13.9 Å². The van der Waals surface area contributed by atoms with E-state index in [0.717, 1.165) is 0 Å². The summed E-state index contributed by atoms with van der Waals surface area (Å²) in [5, 5.41) is 7.93. The number of benzene rings is 1. The fraction of sp³-hybridized carbons (Fsp3) is 0.500. The predicted molar refractivity (Wildman–Crippen MR) is 88.5 cm³/mol. The van der Waals surface area contributed by atoms with Gasteiger partial charge in [0.2, 0.25) is 17.7 Å². The zero-order valence-corrected chi connectivity index (χ0v) is 14.3. The Hall–Kier alpha value is -2.32. The van der Waals surface area contributed by atoms with E-state index in [1.807, 2.05) is 4.90 Å². The van der Waals surface area contributed by atoms with Crippen LogP contribution in [0.5, 0.6) is 0 Å². The molecule has 0 atom stereocenters. The van der Waals surface area contributed by atoms with Crippen LogP contribution in [0.3, 0.4) is 0 Å². The van der Waals surface area contributed by atoms with Crippen LogP contribution < -0.4 is 0 Å². The average molecular weight is 361 g/mol. The number of ether oxygens (including phenoxy) is 2. The Morgan fingerprint density at radius 1 is 1.12 bits per heavy atom. The topological polar surface area (TPSA) is 77.7 Å². The van der Waals surface area contributed by atoms with Gasteiger partial charge in [-0.25, -0.2) is 4.39 Å². The molecular weight excluding hydrogens is 341 g/mol. The molecule has 0 aliphatic carbocycles. The van der Waals surface area contributed by atoms with Gasteiger partial charge in [0.05, 0.1) is 13.2 Å². The number of amides is 1. The third kappa shape index (κ3) is 3.61. The monoisotopic (exact) mass is 361 g/mol. The molecule has 138 valence electrons. The van der Waals surface area contributed by atoms with Crippen LogP contribution in [-0.2, 0) is 20.7 Å². The van der Waals surface area contributed by atoms with Crippen LogP contribution in [0, 0.1) is 5.82 Å². The maximum absolute atomic E-state index is 13.0. The molecule has 2 fully saturated rings. The van der Waals surface area contributed by atoms with Gasteiger partial charge in [0, 0.05) is 44.3 Å². The zero-order valence-electron chi connectivity index (χ0n) is 14.3. The number of carbonyl (C=O) groups excluding carboxylic acids is 1. The summed E-state index contributed by atoms with van der Waals surface area (Å²) in [4.78, 5) is 14.2. The molecular formula is C18H20FN3O4. The fourth-order valence-electron chi connectivity index (χ4n) is 3.32. The second-order valence-electron chi connectivity index (χ2n) is 6.50. The number of aryl methyl sites for hydroxylation is 1. The Labute approximate surface area is 150 Å². The van der Waals surface area contributed by atoms with Crippen molar-refractivity contribution in [2.45, 2.75) is 31.5 Å². The third-order valence-corrected chi connectivity index (χ3v) is 4.80. The van der Waals surface area contributed by atoms with E-state index in [2.05, 4.69) is 10.2 Å². The summed E-state index contributed by atoms with van der Waals surface area (Å²) in [7, 11) is 0. The lowest BCUT2D eigenvalue weighted by atomic mass is 10.0. The van der Waals surface area contributed by atoms with Crippen molar-refractivity contribution in [2.24, 2.45) is 0 Å². The van der Waals surface area contributed by atoms with Crippen LogP contribution in [0.1, 0.15) is 25.2 Å². The van der Waals surface area contributed by atoms with E-state index in [9.17, 15) is 9.18 Å². The predicted octanol–water partition coefficient (Wildman–Crippen LogP) is 2.17. The number of aromatic nitrogens is 2. The van der Waals surface area contributed by atoms with Crippen molar-refractivity contribution in [3.63, 3.8) is 0 Å². The Morgan fingerprint density at radius 2 is 1.81 bits per heavy atom. The molecule has 0 unspecified atom stereocenters. The normalized spacial score (nSPS) is 19.2. The largest absolute Gasteiger partial charge is 0.421 e. The Morgan fingerprint density at radius 3 is 2.50 bits per heavy atom. The molecule has 8 heteroatoms. The van der Waals surface area contributed by atoms with Crippen LogP contribution in [0.4, 0.5) is 4.39 Å². The summed E-state index contributed by atoms with van der Waals surface area (Å²) in [6, 6.07) is 5.83. The van der Waals surface area contributed by atoms with Crippen molar-refractivity contribution < 1.29 is 23.1 Å². The van der Waals surface area contributed by atoms with E-state index >= 15 is 0 Å². The lowest BCUT2D eigenvalue weighted by molar-refractivity contribution is -0.187. The van der Waals surface area contributed by atoms with Crippen molar-refractivity contribution >= 4 is 5.91 Å². The molecule has 4 rings (SSSR count). The van der Waals surface area contributed by atoms with E-state index in [0.29, 0.717) is 69.3 Å². The highest BCUT2D eigenvalue weighted by Crippen LogP contribution is 2.31. The number of halogens is 1. The van der Waals surface area contributed by atoms with Gasteiger partial charge in [0.15, 0.2) is 5.79 Å². The Bertz CT molecular complexity index is 761. The molecule has 2 aromatic rings. The molecule has 0 radical (unpaired) electrons. The van der Waals surface area contributed by atoms with Crippen molar-refractivity contribution in [2.75, 3.05) is 26.3 Å². The van der Waals surface area contributed by atoms with Gasteiger partial charge < -0.3 is 18.8 Å². The maximum Gasteiger partial charge on any atom is 0.247 e. The van der Waals surface area contributed by atoms with Crippen LogP contribution in [0.15, 0.2) is 28.7 Å². The minimum absolute atomic E-state index is 0.0550. The second-order valence-corrected chi connectivity index (χ2v) is 6.50. The van der Waals surface area contributed by atoms with E-state index in [1.165, 1.54) is 12.1 Å². The number of hydrogen-bond donors (Lipinski definition) is 0. The first-order chi connectivity index (χ1) is 12.6. The molecule has 0 N–H and O–H groups in total. The molecule has 1 amide bonds. The summed E-state index contributed by atoms with van der Waals surface area (Å²) in [6.45, 7) is 2.51. The molecule has 1 aromatic carbocycles. The molecule has 0 bridgehead atoms. The van der Waals surface area contributed by atoms with Gasteiger partial charge in [-0.1, -0.05) is 0 Å². The lowest BCUT2D eigenvalue weighted by Crippen LogP contribution is -2.47. The van der Waals surface area contributed by atoms with Crippen molar-refractivity contribution in [1.29, 1.82) is 0 Å². The van der Waals surface area contributed by atoms with Crippen molar-refractivity contribution in [3.8, 4) is 11.5 Å². The minimum atomic E-state index is -0.479. The molecule has 3 heterocycles. The van der Waals surface area contributed by atoms with Crippen LogP contribution in [-0.4, -0.2) is 53.1 Å². The number of rotatable bonds is 4. The molecule has 2 aliphatic heterocycles. The molecule has 1 spiro atoms. The van der Waals surface area contributed by atoms with Crippen molar-refractivity contribution in [1.82, 2.24) is 15.1 Å². The average Bonchev–Trinajstić information content (AvgIpc) is 3.31. The maximum atomic E-state index is 13.0. The van der Waals surface area contributed by atoms with Crippen LogP contribution >= 0.6 is 0 Å². The Kier molecular flexibility index (Phi) is 4.69. The summed E-state index contributed by atoms with van der Waals surface area (Å²) >= 11 is 0. The highest BCUT2D eigenvalue weighted by Gasteiger charge is 2.40. The first-order valence-electron chi connectivity index (χ1n) is 8.78. The van der Waals surface area contributed by atoms with E-state index < -0.39 is 5.79 Å². The molecule has 2 aliphatic rings. The SMILES string of the molecule is O=C(CCc1nnc(-c2ccc(F)cc2)o1)N1CCC2(CC1)OCCO2. The quantitative estimate of drug-likeness (QED) is 0.831. The van der Waals surface area contributed by atoms with E-state index in [-0.39, 0.29) is 11.7 Å². The van der Waals surface area contributed by atoms with Crippen LogP contribution in [0.25, 0.3) is 11.5 Å². The lowest BCUT2D eigenvalue weighted by Gasteiger charge is -2.37. The first kappa shape index (κ1) is 17.1. The van der Waals surface area contributed by atoms with Gasteiger partial charge >= 0.3 is 0 Å². The highest BCUT2D eigenvalue weighted by molar-refractivity contribution is 5.76. The van der Waals surface area contributed by atoms with Crippen molar-refractivity contribution in [3.05, 3.63) is 36.0 Å². The smallest absolute Gasteiger partial charge is 0.247 e. The van der Waals surface area contributed by atoms with Gasteiger partial charge in [-0.15, -0.1) is 10.2 Å². The molecule has 7 nitrogen and oxygen atoms in total. The van der Waals surface area contributed by atoms with E-state index in [1.54, 1.807) is 12.1 Å². The first-order valence-corrected chi connectivity index (χ1v) is 8.78. The summed E-state index contributed by atoms with van der Waals surface area (Å²) < 4.78 is 29.9. The number of nitrogens with zero attached hydrogens (tertiary/aromatic N) is 3. The summed E-state index contributed by atoms with van der Waals surface area (Å²) in [5.74, 6) is -0.0282. The molecule has 2 saturated heterocycles. The Balaban J connectivity index is 1.29. The molecule has 1 aromatic heterocycles. The number of carbonyl (C=O) groups is 1. The molecule has 26 heavy (non-hydrogen) atoms. The highest BCUT2D eigenvalue weighted by atomic mass is 19.1. The summed E-state index contributed by atoms with van der Waals surface area (Å²) in [5.41, 5.74) is 0.648. The zero-order chi connectivity index (χ0) is 18.0. The van der Waals surface area contributed by atoms with Gasteiger partial charge in [-0.3, -0.25) is 4.79 Å².